The number of aryl methyl sites for hydroxylation is 3. The van der Waals surface area contributed by atoms with Crippen LogP contribution in [0.1, 0.15) is 61.2 Å². The Morgan fingerprint density at radius 1 is 1.31 bits per heavy atom. The van der Waals surface area contributed by atoms with Gasteiger partial charge in [-0.05, 0) is 19.9 Å². The minimum atomic E-state index is -0.218. The van der Waals surface area contributed by atoms with Gasteiger partial charge in [-0.3, -0.25) is 4.79 Å². The Labute approximate surface area is 153 Å². The number of morpholine rings is 1. The van der Waals surface area contributed by atoms with Crippen molar-refractivity contribution in [2.45, 2.75) is 52.6 Å². The maximum absolute atomic E-state index is 12.6. The molecule has 1 atom stereocenters. The van der Waals surface area contributed by atoms with Gasteiger partial charge in [-0.2, -0.15) is 4.98 Å². The van der Waals surface area contributed by atoms with E-state index < -0.39 is 0 Å². The number of ether oxygens (including phenoxy) is 1. The largest absolute Gasteiger partial charge is 0.368 e. The number of aromatic nitrogens is 4. The summed E-state index contributed by atoms with van der Waals surface area (Å²) in [7, 11) is 0. The summed E-state index contributed by atoms with van der Waals surface area (Å²) >= 11 is 0. The van der Waals surface area contributed by atoms with Crippen molar-refractivity contribution in [3.8, 4) is 0 Å². The van der Waals surface area contributed by atoms with E-state index in [-0.39, 0.29) is 17.9 Å². The molecule has 0 spiro atoms. The van der Waals surface area contributed by atoms with E-state index in [0.717, 1.165) is 11.4 Å². The van der Waals surface area contributed by atoms with E-state index in [1.807, 2.05) is 38.7 Å². The Morgan fingerprint density at radius 2 is 2.12 bits per heavy atom. The first kappa shape index (κ1) is 18.4. The molecule has 1 fully saturated rings. The van der Waals surface area contributed by atoms with Crippen molar-refractivity contribution in [3.63, 3.8) is 0 Å². The van der Waals surface area contributed by atoms with Gasteiger partial charge in [0.15, 0.2) is 5.82 Å². The average molecular weight is 359 g/mol. The zero-order chi connectivity index (χ0) is 18.7. The molecular weight excluding hydrogens is 334 g/mol. The fourth-order valence-electron chi connectivity index (χ4n) is 2.94. The third-order valence-electron chi connectivity index (χ3n) is 4.29. The van der Waals surface area contributed by atoms with Gasteiger partial charge in [0.05, 0.1) is 18.8 Å². The first-order valence-corrected chi connectivity index (χ1v) is 8.96. The molecular formula is C18H25N5O3. The average Bonchev–Trinajstić information content (AvgIpc) is 3.08. The van der Waals surface area contributed by atoms with Gasteiger partial charge in [-0.15, -0.1) is 0 Å². The molecule has 140 valence electrons. The molecule has 8 heteroatoms. The van der Waals surface area contributed by atoms with Crippen LogP contribution in [0.25, 0.3) is 0 Å². The molecule has 0 bridgehead atoms. The lowest BCUT2D eigenvalue weighted by Gasteiger charge is -2.32. The zero-order valence-corrected chi connectivity index (χ0v) is 15.7. The van der Waals surface area contributed by atoms with Crippen LogP contribution in [-0.4, -0.2) is 50.6 Å². The summed E-state index contributed by atoms with van der Waals surface area (Å²) in [6.45, 7) is 9.37. The Morgan fingerprint density at radius 3 is 2.81 bits per heavy atom. The lowest BCUT2D eigenvalue weighted by Crippen LogP contribution is -2.42. The molecule has 0 radical (unpaired) electrons. The third kappa shape index (κ3) is 4.43. The van der Waals surface area contributed by atoms with Crippen molar-refractivity contribution in [2.75, 3.05) is 19.7 Å². The van der Waals surface area contributed by atoms with Crippen LogP contribution in [0.5, 0.6) is 0 Å². The van der Waals surface area contributed by atoms with Crippen LogP contribution in [0.15, 0.2) is 10.6 Å². The topological polar surface area (TPSA) is 94.2 Å². The van der Waals surface area contributed by atoms with Crippen molar-refractivity contribution < 1.29 is 14.1 Å². The van der Waals surface area contributed by atoms with Crippen LogP contribution in [0, 0.1) is 13.8 Å². The van der Waals surface area contributed by atoms with Crippen LogP contribution in [0.4, 0.5) is 0 Å². The molecule has 0 aromatic carbocycles. The molecule has 1 aliphatic heterocycles. The van der Waals surface area contributed by atoms with Crippen LogP contribution in [-0.2, 0) is 16.0 Å². The van der Waals surface area contributed by atoms with E-state index in [4.69, 9.17) is 9.26 Å². The van der Waals surface area contributed by atoms with Gasteiger partial charge < -0.3 is 14.2 Å². The third-order valence-corrected chi connectivity index (χ3v) is 4.29. The lowest BCUT2D eigenvalue weighted by molar-refractivity contribution is -0.139. The van der Waals surface area contributed by atoms with Gasteiger partial charge in [-0.25, -0.2) is 9.97 Å². The van der Waals surface area contributed by atoms with Crippen molar-refractivity contribution in [2.24, 2.45) is 0 Å². The Kier molecular flexibility index (Phi) is 5.61. The van der Waals surface area contributed by atoms with Gasteiger partial charge in [0.2, 0.25) is 11.8 Å². The summed E-state index contributed by atoms with van der Waals surface area (Å²) < 4.78 is 11.0. The summed E-state index contributed by atoms with van der Waals surface area (Å²) in [6, 6.07) is 1.91. The first-order chi connectivity index (χ1) is 12.4. The molecule has 2 aromatic heterocycles. The van der Waals surface area contributed by atoms with Gasteiger partial charge in [-0.1, -0.05) is 19.0 Å². The normalized spacial score (nSPS) is 17.7. The van der Waals surface area contributed by atoms with Crippen LogP contribution < -0.4 is 0 Å². The standard InChI is InChI=1S/C18H25N5O3/c1-11(2)18-21-16(26-22-18)5-6-17(24)23-7-8-25-15(10-23)14-9-12(3)19-13(4)20-14/h9,11,15H,5-8,10H2,1-4H3/t15-/m0/s1. The summed E-state index contributed by atoms with van der Waals surface area (Å²) in [4.78, 5) is 27.5. The highest BCUT2D eigenvalue weighted by atomic mass is 16.5. The molecule has 0 aliphatic carbocycles. The molecule has 3 heterocycles. The second kappa shape index (κ2) is 7.90. The SMILES string of the molecule is Cc1cc([C@@H]2CN(C(=O)CCc3nc(C(C)C)no3)CCO2)nc(C)n1. The molecule has 0 N–H and O–H groups in total. The number of carbonyl (C=O) groups is 1. The van der Waals surface area contributed by atoms with E-state index in [0.29, 0.717) is 50.1 Å². The first-order valence-electron chi connectivity index (χ1n) is 8.96. The van der Waals surface area contributed by atoms with E-state index in [9.17, 15) is 4.79 Å². The van der Waals surface area contributed by atoms with E-state index >= 15 is 0 Å². The Balaban J connectivity index is 1.58. The predicted molar refractivity (Wildman–Crippen MR) is 93.5 cm³/mol. The molecule has 3 rings (SSSR count). The molecule has 1 saturated heterocycles. The Bertz CT molecular complexity index is 754. The van der Waals surface area contributed by atoms with Crippen molar-refractivity contribution in [3.05, 3.63) is 35.0 Å². The van der Waals surface area contributed by atoms with E-state index in [2.05, 4.69) is 20.1 Å². The summed E-state index contributed by atoms with van der Waals surface area (Å²) in [5.74, 6) is 2.17. The fourth-order valence-corrected chi connectivity index (χ4v) is 2.94. The minimum Gasteiger partial charge on any atom is -0.368 e. The van der Waals surface area contributed by atoms with E-state index in [1.165, 1.54) is 0 Å². The highest BCUT2D eigenvalue weighted by molar-refractivity contribution is 5.76. The van der Waals surface area contributed by atoms with Crippen molar-refractivity contribution in [1.29, 1.82) is 0 Å². The van der Waals surface area contributed by atoms with Crippen molar-refractivity contribution in [1.82, 2.24) is 25.0 Å². The van der Waals surface area contributed by atoms with Crippen molar-refractivity contribution >= 4 is 5.91 Å². The van der Waals surface area contributed by atoms with E-state index in [1.54, 1.807) is 0 Å². The van der Waals surface area contributed by atoms with Crippen LogP contribution >= 0.6 is 0 Å². The predicted octanol–water partition coefficient (Wildman–Crippen LogP) is 2.13. The molecule has 8 nitrogen and oxygen atoms in total. The summed E-state index contributed by atoms with van der Waals surface area (Å²) in [5.41, 5.74) is 1.72. The lowest BCUT2D eigenvalue weighted by atomic mass is 10.1. The molecule has 1 amide bonds. The molecule has 1 aliphatic rings. The molecule has 2 aromatic rings. The van der Waals surface area contributed by atoms with Gasteiger partial charge in [0.1, 0.15) is 11.9 Å². The quantitative estimate of drug-likeness (QED) is 0.807. The second-order valence-corrected chi connectivity index (χ2v) is 6.88. The highest BCUT2D eigenvalue weighted by Gasteiger charge is 2.27. The number of nitrogens with zero attached hydrogens (tertiary/aromatic N) is 5. The monoisotopic (exact) mass is 359 g/mol. The number of amides is 1. The smallest absolute Gasteiger partial charge is 0.227 e. The number of hydrogen-bond donors (Lipinski definition) is 0. The van der Waals surface area contributed by atoms with Crippen LogP contribution in [0.2, 0.25) is 0 Å². The molecule has 26 heavy (non-hydrogen) atoms. The summed E-state index contributed by atoms with van der Waals surface area (Å²) in [6.07, 6.45) is 0.574. The van der Waals surface area contributed by atoms with Crippen LogP contribution in [0.3, 0.4) is 0 Å². The molecule has 0 saturated carbocycles. The van der Waals surface area contributed by atoms with Gasteiger partial charge in [0.25, 0.3) is 0 Å². The fraction of sp³-hybridized carbons (Fsp3) is 0.611. The maximum Gasteiger partial charge on any atom is 0.227 e. The Hall–Kier alpha value is -2.35. The number of carbonyl (C=O) groups excluding carboxylic acids is 1. The van der Waals surface area contributed by atoms with Gasteiger partial charge >= 0.3 is 0 Å². The minimum absolute atomic E-state index is 0.0603. The maximum atomic E-state index is 12.6. The summed E-state index contributed by atoms with van der Waals surface area (Å²) in [5, 5.41) is 3.93. The zero-order valence-electron chi connectivity index (χ0n) is 15.7. The number of rotatable bonds is 5. The molecule has 0 unspecified atom stereocenters. The second-order valence-electron chi connectivity index (χ2n) is 6.88. The van der Waals surface area contributed by atoms with Gasteiger partial charge in [0, 0.05) is 31.0 Å². The number of hydrogen-bond acceptors (Lipinski definition) is 7. The highest BCUT2D eigenvalue weighted by Crippen LogP contribution is 2.22.